The fourth-order valence-electron chi connectivity index (χ4n) is 1.68. The summed E-state index contributed by atoms with van der Waals surface area (Å²) in [7, 11) is 0. The van der Waals surface area contributed by atoms with Crippen molar-refractivity contribution in [2.24, 2.45) is 5.73 Å². The van der Waals surface area contributed by atoms with Gasteiger partial charge in [-0.25, -0.2) is 0 Å². The van der Waals surface area contributed by atoms with E-state index in [1.807, 2.05) is 6.07 Å². The number of ether oxygens (including phenoxy) is 1. The lowest BCUT2D eigenvalue weighted by molar-refractivity contribution is 0.296. The molecule has 0 spiro atoms. The fraction of sp³-hybridized carbons (Fsp3) is 0.538. The number of benzene rings is 1. The number of hydrogen-bond acceptors (Lipinski definition) is 4. The van der Waals surface area contributed by atoms with E-state index >= 15 is 0 Å². The summed E-state index contributed by atoms with van der Waals surface area (Å²) >= 11 is 0. The van der Waals surface area contributed by atoms with Crippen molar-refractivity contribution in [2.75, 3.05) is 31.1 Å². The minimum Gasteiger partial charge on any atom is -0.504 e. The van der Waals surface area contributed by atoms with Gasteiger partial charge in [-0.3, -0.25) is 0 Å². The molecule has 17 heavy (non-hydrogen) atoms. The van der Waals surface area contributed by atoms with Crippen molar-refractivity contribution < 1.29 is 9.84 Å². The number of anilines is 1. The Hall–Kier alpha value is -1.42. The van der Waals surface area contributed by atoms with E-state index in [4.69, 9.17) is 10.5 Å². The monoisotopic (exact) mass is 238 g/mol. The van der Waals surface area contributed by atoms with Crippen LogP contribution in [0.1, 0.15) is 20.3 Å². The molecule has 0 saturated heterocycles. The van der Waals surface area contributed by atoms with E-state index in [1.165, 1.54) is 0 Å². The van der Waals surface area contributed by atoms with Gasteiger partial charge in [-0.1, -0.05) is 0 Å². The molecule has 0 bridgehead atoms. The number of nitrogens with two attached hydrogens (primary N) is 1. The Kier molecular flexibility index (Phi) is 5.63. The predicted octanol–water partition coefficient (Wildman–Crippen LogP) is 1.97. The zero-order valence-corrected chi connectivity index (χ0v) is 10.6. The lowest BCUT2D eigenvalue weighted by Crippen LogP contribution is -2.21. The van der Waals surface area contributed by atoms with Crippen LogP contribution in [0.3, 0.4) is 0 Å². The topological polar surface area (TPSA) is 58.7 Å². The molecule has 0 fully saturated rings. The maximum atomic E-state index is 9.85. The van der Waals surface area contributed by atoms with Gasteiger partial charge in [0.15, 0.2) is 11.5 Å². The van der Waals surface area contributed by atoms with Gasteiger partial charge in [0.25, 0.3) is 0 Å². The first-order chi connectivity index (χ1) is 8.22. The van der Waals surface area contributed by atoms with E-state index in [0.717, 1.165) is 25.2 Å². The molecule has 0 aliphatic heterocycles. The summed E-state index contributed by atoms with van der Waals surface area (Å²) in [6.45, 7) is 7.15. The van der Waals surface area contributed by atoms with E-state index in [-0.39, 0.29) is 5.75 Å². The smallest absolute Gasteiger partial charge is 0.161 e. The average Bonchev–Trinajstić information content (AvgIpc) is 2.33. The molecule has 0 atom stereocenters. The molecule has 1 aromatic rings. The molecule has 0 saturated carbocycles. The van der Waals surface area contributed by atoms with Gasteiger partial charge >= 0.3 is 0 Å². The molecule has 0 aliphatic rings. The van der Waals surface area contributed by atoms with Crippen molar-refractivity contribution in [3.05, 3.63) is 18.2 Å². The Bertz CT molecular complexity index is 338. The van der Waals surface area contributed by atoms with Gasteiger partial charge in [-0.2, -0.15) is 0 Å². The second-order valence-corrected chi connectivity index (χ2v) is 3.82. The Morgan fingerprint density at radius 1 is 1.29 bits per heavy atom. The minimum absolute atomic E-state index is 0.187. The zero-order valence-electron chi connectivity index (χ0n) is 10.6. The fourth-order valence-corrected chi connectivity index (χ4v) is 1.68. The normalized spacial score (nSPS) is 10.3. The van der Waals surface area contributed by atoms with Crippen LogP contribution < -0.4 is 15.4 Å². The summed E-state index contributed by atoms with van der Waals surface area (Å²) in [5.41, 5.74) is 6.39. The highest BCUT2D eigenvalue weighted by molar-refractivity contribution is 5.55. The second kappa shape index (κ2) is 7.01. The van der Waals surface area contributed by atoms with E-state index in [9.17, 15) is 5.11 Å². The van der Waals surface area contributed by atoms with Crippen LogP contribution in [0.4, 0.5) is 5.69 Å². The van der Waals surface area contributed by atoms with E-state index in [0.29, 0.717) is 18.9 Å². The van der Waals surface area contributed by atoms with Crippen molar-refractivity contribution in [2.45, 2.75) is 20.3 Å². The highest BCUT2D eigenvalue weighted by Crippen LogP contribution is 2.30. The number of aromatic hydroxyl groups is 1. The van der Waals surface area contributed by atoms with Crippen LogP contribution in [-0.4, -0.2) is 31.3 Å². The molecule has 0 unspecified atom stereocenters. The molecular formula is C13H22N2O2. The standard InChI is InChI=1S/C13H22N2O2/c1-3-15(4-2)11-6-7-13(12(16)10-11)17-9-5-8-14/h6-7,10,16H,3-5,8-9,14H2,1-2H3. The van der Waals surface area contributed by atoms with Gasteiger partial charge in [0.2, 0.25) is 0 Å². The second-order valence-electron chi connectivity index (χ2n) is 3.82. The SMILES string of the molecule is CCN(CC)c1ccc(OCCCN)c(O)c1. The third-order valence-corrected chi connectivity index (χ3v) is 2.68. The highest BCUT2D eigenvalue weighted by atomic mass is 16.5. The van der Waals surface area contributed by atoms with E-state index < -0.39 is 0 Å². The Morgan fingerprint density at radius 2 is 2.00 bits per heavy atom. The molecule has 0 amide bonds. The quantitative estimate of drug-likeness (QED) is 0.713. The van der Waals surface area contributed by atoms with Crippen LogP contribution in [0, 0.1) is 0 Å². The van der Waals surface area contributed by atoms with Gasteiger partial charge < -0.3 is 20.5 Å². The molecule has 4 nitrogen and oxygen atoms in total. The third kappa shape index (κ3) is 3.82. The Balaban J connectivity index is 2.71. The van der Waals surface area contributed by atoms with Crippen LogP contribution in [0.25, 0.3) is 0 Å². The van der Waals surface area contributed by atoms with Gasteiger partial charge in [0.1, 0.15) is 0 Å². The number of phenolic OH excluding ortho intramolecular Hbond substituents is 1. The van der Waals surface area contributed by atoms with Crippen LogP contribution in [0.5, 0.6) is 11.5 Å². The number of nitrogens with zero attached hydrogens (tertiary/aromatic N) is 1. The predicted molar refractivity (Wildman–Crippen MR) is 70.8 cm³/mol. The van der Waals surface area contributed by atoms with E-state index in [2.05, 4.69) is 18.7 Å². The molecule has 96 valence electrons. The lowest BCUT2D eigenvalue weighted by atomic mass is 10.2. The van der Waals surface area contributed by atoms with Crippen molar-refractivity contribution in [3.8, 4) is 11.5 Å². The van der Waals surface area contributed by atoms with Crippen molar-refractivity contribution in [3.63, 3.8) is 0 Å². The molecule has 1 rings (SSSR count). The summed E-state index contributed by atoms with van der Waals surface area (Å²) in [5.74, 6) is 0.709. The molecule has 0 aliphatic carbocycles. The first-order valence-corrected chi connectivity index (χ1v) is 6.13. The number of phenols is 1. The maximum absolute atomic E-state index is 9.85. The summed E-state index contributed by atoms with van der Waals surface area (Å²) in [6, 6.07) is 5.51. The van der Waals surface area contributed by atoms with Gasteiger partial charge in [-0.15, -0.1) is 0 Å². The zero-order chi connectivity index (χ0) is 12.7. The molecule has 0 radical (unpaired) electrons. The summed E-state index contributed by atoms with van der Waals surface area (Å²) in [4.78, 5) is 2.17. The summed E-state index contributed by atoms with van der Waals surface area (Å²) < 4.78 is 5.43. The van der Waals surface area contributed by atoms with Crippen LogP contribution in [0.2, 0.25) is 0 Å². The number of rotatable bonds is 7. The van der Waals surface area contributed by atoms with Gasteiger partial charge in [0, 0.05) is 24.8 Å². The highest BCUT2D eigenvalue weighted by Gasteiger charge is 2.07. The van der Waals surface area contributed by atoms with Gasteiger partial charge in [0.05, 0.1) is 6.61 Å². The first-order valence-electron chi connectivity index (χ1n) is 6.13. The maximum Gasteiger partial charge on any atom is 0.161 e. The van der Waals surface area contributed by atoms with Crippen LogP contribution in [0.15, 0.2) is 18.2 Å². The third-order valence-electron chi connectivity index (χ3n) is 2.68. The molecular weight excluding hydrogens is 216 g/mol. The molecule has 3 N–H and O–H groups in total. The van der Waals surface area contributed by atoms with Crippen LogP contribution in [-0.2, 0) is 0 Å². The summed E-state index contributed by atoms with van der Waals surface area (Å²) in [5, 5.41) is 9.85. The molecule has 4 heteroatoms. The van der Waals surface area contributed by atoms with Crippen molar-refractivity contribution in [1.29, 1.82) is 0 Å². The lowest BCUT2D eigenvalue weighted by Gasteiger charge is -2.21. The first kappa shape index (κ1) is 13.6. The Morgan fingerprint density at radius 3 is 2.53 bits per heavy atom. The summed E-state index contributed by atoms with van der Waals surface area (Å²) in [6.07, 6.45) is 0.789. The molecule has 1 aromatic carbocycles. The van der Waals surface area contributed by atoms with Crippen molar-refractivity contribution in [1.82, 2.24) is 0 Å². The number of hydrogen-bond donors (Lipinski definition) is 2. The van der Waals surface area contributed by atoms with Crippen LogP contribution >= 0.6 is 0 Å². The van der Waals surface area contributed by atoms with Gasteiger partial charge in [-0.05, 0) is 38.9 Å². The average molecular weight is 238 g/mol. The minimum atomic E-state index is 0.187. The van der Waals surface area contributed by atoms with E-state index in [1.54, 1.807) is 12.1 Å². The molecule has 0 aromatic heterocycles. The Labute approximate surface area is 103 Å². The van der Waals surface area contributed by atoms with Crippen molar-refractivity contribution >= 4 is 5.69 Å². The largest absolute Gasteiger partial charge is 0.504 e. The molecule has 0 heterocycles.